The number of para-hydroxylation sites is 2. The van der Waals surface area contributed by atoms with Gasteiger partial charge in [-0.2, -0.15) is 30.3 Å². The summed E-state index contributed by atoms with van der Waals surface area (Å²) in [5, 5.41) is 0. The summed E-state index contributed by atoms with van der Waals surface area (Å²) in [6.45, 7) is 4.53. The molecule has 2 rings (SSSR count). The summed E-state index contributed by atoms with van der Waals surface area (Å²) in [5.41, 5.74) is 1.09. The van der Waals surface area contributed by atoms with Gasteiger partial charge in [-0.1, -0.05) is 12.1 Å². The Bertz CT molecular complexity index is 489. The first-order valence-corrected chi connectivity index (χ1v) is 6.09. The normalized spacial score (nSPS) is 9.35. The third-order valence-corrected chi connectivity index (χ3v) is 2.38. The first kappa shape index (κ1) is 19.3. The maximum Gasteiger partial charge on any atom is 2.00 e. The average Bonchev–Trinajstić information content (AvgIpc) is 2.38. The monoisotopic (exact) mass is 344 g/mol. The van der Waals surface area contributed by atoms with Crippen molar-refractivity contribution in [1.82, 2.24) is 0 Å². The van der Waals surface area contributed by atoms with Gasteiger partial charge in [-0.15, -0.1) is 5.56 Å². The van der Waals surface area contributed by atoms with Crippen molar-refractivity contribution in [2.24, 2.45) is 0 Å². The van der Waals surface area contributed by atoms with Gasteiger partial charge in [0.1, 0.15) is 0 Å². The first-order chi connectivity index (χ1) is 8.75. The minimum atomic E-state index is 0. The van der Waals surface area contributed by atoms with E-state index in [0.717, 1.165) is 17.1 Å². The van der Waals surface area contributed by atoms with Gasteiger partial charge in [0.15, 0.2) is 11.5 Å². The summed E-state index contributed by atoms with van der Waals surface area (Å²) >= 11 is 0. The molecule has 0 amide bonds. The van der Waals surface area contributed by atoms with Crippen LogP contribution in [-0.4, -0.2) is 29.2 Å². The summed E-state index contributed by atoms with van der Waals surface area (Å²) in [7, 11) is 0. The Kier molecular flexibility index (Phi) is 9.72. The van der Waals surface area contributed by atoms with Crippen LogP contribution < -0.4 is 26.5 Å². The molecule has 2 aromatic carbocycles. The molecule has 0 aromatic heterocycles. The van der Waals surface area contributed by atoms with Gasteiger partial charge in [0.05, 0.1) is 12.7 Å². The van der Waals surface area contributed by atoms with E-state index < -0.39 is 0 Å². The summed E-state index contributed by atoms with van der Waals surface area (Å²) in [4.78, 5) is 0. The Labute approximate surface area is 147 Å². The molecule has 2 nitrogen and oxygen atoms in total. The van der Waals surface area contributed by atoms with E-state index in [1.807, 2.05) is 62.4 Å². The second-order valence-corrected chi connectivity index (χ2v) is 4.31. The number of ether oxygens (including phenoxy) is 2. The standard InChI is InChI=1S/C16H17O2.BrH.Mg/c1-13(2)18-16-11-7-6-10-15(16)17-12-14-8-4-3-5-9-14;;/h3-4,6-11,13H,12H2,1-2H3;1H;/q-1;;+2/p-1. The Morgan fingerprint density at radius 2 is 1.75 bits per heavy atom. The van der Waals surface area contributed by atoms with Crippen LogP contribution in [-0.2, 0) is 6.61 Å². The molecule has 0 aliphatic rings. The molecule has 0 saturated heterocycles. The zero-order valence-electron chi connectivity index (χ0n) is 11.8. The number of hydrogen-bond donors (Lipinski definition) is 0. The second-order valence-electron chi connectivity index (χ2n) is 4.31. The van der Waals surface area contributed by atoms with Crippen LogP contribution in [0, 0.1) is 6.07 Å². The predicted molar refractivity (Wildman–Crippen MR) is 77.6 cm³/mol. The molecule has 0 bridgehead atoms. The van der Waals surface area contributed by atoms with Crippen LogP contribution in [0.1, 0.15) is 19.4 Å². The topological polar surface area (TPSA) is 18.5 Å². The number of benzene rings is 2. The van der Waals surface area contributed by atoms with Crippen LogP contribution >= 0.6 is 0 Å². The van der Waals surface area contributed by atoms with Crippen molar-refractivity contribution >= 4 is 23.1 Å². The molecule has 20 heavy (non-hydrogen) atoms. The minimum absolute atomic E-state index is 0. The van der Waals surface area contributed by atoms with Gasteiger partial charge in [-0.05, 0) is 26.0 Å². The van der Waals surface area contributed by atoms with Crippen molar-refractivity contribution in [3.63, 3.8) is 0 Å². The van der Waals surface area contributed by atoms with Crippen LogP contribution in [0.3, 0.4) is 0 Å². The maximum atomic E-state index is 5.78. The second kappa shape index (κ2) is 10.1. The predicted octanol–water partition coefficient (Wildman–Crippen LogP) is 0.476. The van der Waals surface area contributed by atoms with Gasteiger partial charge in [-0.3, -0.25) is 0 Å². The van der Waals surface area contributed by atoms with E-state index in [0.29, 0.717) is 6.61 Å². The molecular weight excluding hydrogens is 328 g/mol. The molecular formula is C16H17BrMgO2. The molecule has 0 unspecified atom stereocenters. The fourth-order valence-electron chi connectivity index (χ4n) is 1.60. The molecule has 4 heteroatoms. The smallest absolute Gasteiger partial charge is 1.00 e. The molecule has 0 saturated carbocycles. The molecule has 0 N–H and O–H groups in total. The third kappa shape index (κ3) is 6.16. The number of hydrogen-bond acceptors (Lipinski definition) is 2. The van der Waals surface area contributed by atoms with Crippen molar-refractivity contribution in [2.45, 2.75) is 26.6 Å². The van der Waals surface area contributed by atoms with Crippen LogP contribution in [0.2, 0.25) is 0 Å². The molecule has 0 aliphatic heterocycles. The Morgan fingerprint density at radius 3 is 2.35 bits per heavy atom. The van der Waals surface area contributed by atoms with Crippen molar-refractivity contribution in [1.29, 1.82) is 0 Å². The number of rotatable bonds is 5. The third-order valence-electron chi connectivity index (χ3n) is 2.38. The van der Waals surface area contributed by atoms with Gasteiger partial charge in [-0.25, -0.2) is 0 Å². The van der Waals surface area contributed by atoms with Crippen molar-refractivity contribution in [2.75, 3.05) is 0 Å². The molecule has 102 valence electrons. The van der Waals surface area contributed by atoms with Crippen LogP contribution in [0.15, 0.2) is 48.5 Å². The summed E-state index contributed by atoms with van der Waals surface area (Å²) in [6.07, 6.45) is 0.139. The average molecular weight is 346 g/mol. The van der Waals surface area contributed by atoms with E-state index in [2.05, 4.69) is 6.07 Å². The van der Waals surface area contributed by atoms with Crippen LogP contribution in [0.25, 0.3) is 0 Å². The Morgan fingerprint density at radius 1 is 1.05 bits per heavy atom. The molecule has 0 fully saturated rings. The van der Waals surface area contributed by atoms with Crippen molar-refractivity contribution < 1.29 is 26.5 Å². The van der Waals surface area contributed by atoms with E-state index in [4.69, 9.17) is 9.47 Å². The van der Waals surface area contributed by atoms with Crippen LogP contribution in [0.4, 0.5) is 0 Å². The fourth-order valence-corrected chi connectivity index (χ4v) is 1.60. The van der Waals surface area contributed by atoms with Gasteiger partial charge < -0.3 is 26.5 Å². The molecule has 0 heterocycles. The van der Waals surface area contributed by atoms with Crippen molar-refractivity contribution in [3.05, 3.63) is 60.2 Å². The molecule has 0 spiro atoms. The largest absolute Gasteiger partial charge is 2.00 e. The zero-order chi connectivity index (χ0) is 12.8. The quantitative estimate of drug-likeness (QED) is 0.580. The summed E-state index contributed by atoms with van der Waals surface area (Å²) in [6, 6.07) is 18.5. The van der Waals surface area contributed by atoms with Gasteiger partial charge >= 0.3 is 23.1 Å². The summed E-state index contributed by atoms with van der Waals surface area (Å²) in [5.74, 6) is 1.56. The molecule has 2 aromatic rings. The van der Waals surface area contributed by atoms with E-state index in [9.17, 15) is 0 Å². The Balaban J connectivity index is 0.00000180. The minimum Gasteiger partial charge on any atom is -1.00 e. The zero-order valence-corrected chi connectivity index (χ0v) is 14.8. The van der Waals surface area contributed by atoms with Crippen LogP contribution in [0.5, 0.6) is 11.5 Å². The van der Waals surface area contributed by atoms with E-state index >= 15 is 0 Å². The maximum absolute atomic E-state index is 5.78. The van der Waals surface area contributed by atoms with Gasteiger partial charge in [0.25, 0.3) is 0 Å². The van der Waals surface area contributed by atoms with Crippen molar-refractivity contribution in [3.8, 4) is 11.5 Å². The SMILES string of the molecule is CC(C)Oc1ccccc1OCc1c[c-]ccc1.[Br-].[Mg+2]. The molecule has 0 aliphatic carbocycles. The fraction of sp³-hybridized carbons (Fsp3) is 0.250. The molecule has 0 atom stereocenters. The van der Waals surface area contributed by atoms with Gasteiger partial charge in [0.2, 0.25) is 0 Å². The van der Waals surface area contributed by atoms with E-state index in [1.165, 1.54) is 0 Å². The van der Waals surface area contributed by atoms with E-state index in [-0.39, 0.29) is 46.1 Å². The first-order valence-electron chi connectivity index (χ1n) is 6.09. The Hall–Kier alpha value is -0.714. The molecule has 0 radical (unpaired) electrons. The van der Waals surface area contributed by atoms with E-state index in [1.54, 1.807) is 0 Å². The summed E-state index contributed by atoms with van der Waals surface area (Å²) < 4.78 is 11.5. The number of halogens is 1. The van der Waals surface area contributed by atoms with Gasteiger partial charge in [0, 0.05) is 0 Å².